The minimum Gasteiger partial charge on any atom is -0.308 e. The summed E-state index contributed by atoms with van der Waals surface area (Å²) < 4.78 is 170. The summed E-state index contributed by atoms with van der Waals surface area (Å²) in [5, 5.41) is -0.553. The predicted octanol–water partition coefficient (Wildman–Crippen LogP) is 13.7. The van der Waals surface area contributed by atoms with Gasteiger partial charge in [-0.05, 0) is 77.9 Å². The third-order valence-electron chi connectivity index (χ3n) is 9.52. The van der Waals surface area contributed by atoms with Crippen LogP contribution in [0.25, 0.3) is 72.8 Å². The van der Waals surface area contributed by atoms with Gasteiger partial charge in [-0.3, -0.25) is 0 Å². The Balaban J connectivity index is 1.49. The molecule has 4 nitrogen and oxygen atoms in total. The zero-order chi connectivity index (χ0) is 42.1. The standard InChI is InChI=1S/C43H22F12N4/c44-40(45,46)27-12-15-34-32(21-27)33-22-28(41(47,48)49)13-16-35(33)59(34)36-19-25(26-17-29(42(50,51)52)20-30(18-26)43(53,54)55)11-14-31(36)39-57-37(23-7-3-1-4-8-23)56-38(58-39)24-9-5-2-6-10-24/h1-22H. The third-order valence-corrected chi connectivity index (χ3v) is 9.52. The van der Waals surface area contributed by atoms with E-state index in [0.29, 0.717) is 47.5 Å². The van der Waals surface area contributed by atoms with Crippen LogP contribution in [0.15, 0.2) is 133 Å². The number of nitrogens with zero attached hydrogens (tertiary/aromatic N) is 4. The topological polar surface area (TPSA) is 43.6 Å². The molecule has 59 heavy (non-hydrogen) atoms. The summed E-state index contributed by atoms with van der Waals surface area (Å²) in [6.45, 7) is 0. The lowest BCUT2D eigenvalue weighted by Crippen LogP contribution is -2.11. The van der Waals surface area contributed by atoms with Gasteiger partial charge in [0.15, 0.2) is 17.5 Å². The van der Waals surface area contributed by atoms with Crippen molar-refractivity contribution in [2.24, 2.45) is 0 Å². The van der Waals surface area contributed by atoms with Crippen molar-refractivity contribution in [2.75, 3.05) is 0 Å². The van der Waals surface area contributed by atoms with E-state index in [4.69, 9.17) is 0 Å². The minimum absolute atomic E-state index is 0.0384. The van der Waals surface area contributed by atoms with Crippen molar-refractivity contribution in [3.63, 3.8) is 0 Å². The van der Waals surface area contributed by atoms with Gasteiger partial charge in [-0.1, -0.05) is 66.7 Å². The summed E-state index contributed by atoms with van der Waals surface area (Å²) >= 11 is 0. The van der Waals surface area contributed by atoms with Crippen LogP contribution in [0.2, 0.25) is 0 Å². The molecule has 0 saturated carbocycles. The van der Waals surface area contributed by atoms with Crippen LogP contribution in [0, 0.1) is 0 Å². The molecule has 0 aliphatic heterocycles. The smallest absolute Gasteiger partial charge is 0.308 e. The quantitative estimate of drug-likeness (QED) is 0.162. The van der Waals surface area contributed by atoms with Crippen LogP contribution >= 0.6 is 0 Å². The van der Waals surface area contributed by atoms with Crippen LogP contribution in [0.1, 0.15) is 22.3 Å². The van der Waals surface area contributed by atoms with Crippen LogP contribution in [0.4, 0.5) is 52.7 Å². The van der Waals surface area contributed by atoms with Crippen molar-refractivity contribution < 1.29 is 52.7 Å². The number of alkyl halides is 12. The molecular formula is C43H22F12N4. The van der Waals surface area contributed by atoms with Crippen LogP contribution in [0.3, 0.4) is 0 Å². The Morgan fingerprint density at radius 3 is 1.19 bits per heavy atom. The zero-order valence-corrected chi connectivity index (χ0v) is 29.5. The van der Waals surface area contributed by atoms with Gasteiger partial charge in [0.1, 0.15) is 0 Å². The zero-order valence-electron chi connectivity index (χ0n) is 29.5. The number of hydrogen-bond acceptors (Lipinski definition) is 3. The maximum Gasteiger partial charge on any atom is 0.416 e. The van der Waals surface area contributed by atoms with Gasteiger partial charge in [-0.2, -0.15) is 52.7 Å². The first-order valence-electron chi connectivity index (χ1n) is 17.3. The number of hydrogen-bond donors (Lipinski definition) is 0. The van der Waals surface area contributed by atoms with Gasteiger partial charge < -0.3 is 4.57 Å². The highest BCUT2D eigenvalue weighted by Gasteiger charge is 2.38. The molecule has 0 N–H and O–H groups in total. The molecule has 0 unspecified atom stereocenters. The summed E-state index contributed by atoms with van der Waals surface area (Å²) in [6, 6.07) is 26.7. The van der Waals surface area contributed by atoms with E-state index in [1.165, 1.54) is 22.8 Å². The molecule has 8 rings (SSSR count). The lowest BCUT2D eigenvalue weighted by Gasteiger charge is -2.18. The molecular weight excluding hydrogens is 800 g/mol. The molecule has 0 bridgehead atoms. The van der Waals surface area contributed by atoms with Crippen molar-refractivity contribution in [2.45, 2.75) is 24.7 Å². The molecule has 0 aliphatic carbocycles. The van der Waals surface area contributed by atoms with E-state index >= 15 is 0 Å². The fourth-order valence-electron chi connectivity index (χ4n) is 6.77. The fraction of sp³-hybridized carbons (Fsp3) is 0.0930. The highest BCUT2D eigenvalue weighted by molar-refractivity contribution is 6.10. The fourth-order valence-corrected chi connectivity index (χ4v) is 6.77. The number of rotatable bonds is 5. The molecule has 0 radical (unpaired) electrons. The molecule has 0 aliphatic rings. The van der Waals surface area contributed by atoms with E-state index in [-0.39, 0.29) is 62.2 Å². The van der Waals surface area contributed by atoms with Crippen molar-refractivity contribution in [1.82, 2.24) is 19.5 Å². The Hall–Kier alpha value is -6.71. The van der Waals surface area contributed by atoms with E-state index in [9.17, 15) is 52.7 Å². The second-order valence-corrected chi connectivity index (χ2v) is 13.4. The molecule has 6 aromatic carbocycles. The van der Waals surface area contributed by atoms with E-state index < -0.39 is 52.5 Å². The molecule has 2 aromatic heterocycles. The average molecular weight is 823 g/mol. The van der Waals surface area contributed by atoms with Crippen molar-refractivity contribution >= 4 is 21.8 Å². The van der Waals surface area contributed by atoms with Crippen LogP contribution in [-0.4, -0.2) is 19.5 Å². The lowest BCUT2D eigenvalue weighted by atomic mass is 9.97. The Morgan fingerprint density at radius 1 is 0.339 bits per heavy atom. The highest BCUT2D eigenvalue weighted by atomic mass is 19.4. The van der Waals surface area contributed by atoms with Crippen molar-refractivity contribution in [3.8, 4) is 51.0 Å². The van der Waals surface area contributed by atoms with E-state index in [1.54, 1.807) is 60.7 Å². The average Bonchev–Trinajstić information content (AvgIpc) is 3.53. The Bertz CT molecular complexity index is 2710. The number of aromatic nitrogens is 4. The summed E-state index contributed by atoms with van der Waals surface area (Å²) in [6.07, 6.45) is -20.2. The SMILES string of the molecule is FC(F)(F)c1cc(-c2ccc(-c3nc(-c4ccccc4)nc(-c4ccccc4)n3)c(-n3c4ccc(C(F)(F)F)cc4c4cc(C(F)(F)F)ccc43)c2)cc(C(F)(F)F)c1. The maximum atomic E-state index is 14.1. The van der Waals surface area contributed by atoms with Crippen molar-refractivity contribution in [3.05, 3.63) is 156 Å². The summed E-state index contributed by atoms with van der Waals surface area (Å²) in [5.74, 6) is 0.196. The first-order valence-corrected chi connectivity index (χ1v) is 17.3. The predicted molar refractivity (Wildman–Crippen MR) is 196 cm³/mol. The Kier molecular flexibility index (Phi) is 9.28. The van der Waals surface area contributed by atoms with Gasteiger partial charge in [0.05, 0.1) is 39.0 Å². The van der Waals surface area contributed by atoms with Crippen LogP contribution < -0.4 is 0 Å². The van der Waals surface area contributed by atoms with Gasteiger partial charge in [0, 0.05) is 27.5 Å². The molecule has 298 valence electrons. The largest absolute Gasteiger partial charge is 0.416 e. The van der Waals surface area contributed by atoms with Gasteiger partial charge in [-0.15, -0.1) is 0 Å². The summed E-state index contributed by atoms with van der Waals surface area (Å²) in [7, 11) is 0. The number of benzene rings is 6. The molecule has 8 aromatic rings. The molecule has 0 spiro atoms. The first kappa shape index (κ1) is 39.1. The Morgan fingerprint density at radius 2 is 0.763 bits per heavy atom. The molecule has 0 fully saturated rings. The van der Waals surface area contributed by atoms with E-state index in [1.807, 2.05) is 0 Å². The van der Waals surface area contributed by atoms with E-state index in [2.05, 4.69) is 15.0 Å². The monoisotopic (exact) mass is 822 g/mol. The van der Waals surface area contributed by atoms with Crippen LogP contribution in [-0.2, 0) is 24.7 Å². The van der Waals surface area contributed by atoms with Gasteiger partial charge in [-0.25, -0.2) is 15.0 Å². The normalized spacial score (nSPS) is 12.7. The molecule has 2 heterocycles. The highest BCUT2D eigenvalue weighted by Crippen LogP contribution is 2.44. The molecule has 0 saturated heterocycles. The Labute approximate surface area is 325 Å². The maximum absolute atomic E-state index is 14.1. The lowest BCUT2D eigenvalue weighted by molar-refractivity contribution is -0.143. The summed E-state index contributed by atoms with van der Waals surface area (Å²) in [5.41, 5.74) is -5.50. The first-order chi connectivity index (χ1) is 27.8. The van der Waals surface area contributed by atoms with Crippen LogP contribution in [0.5, 0.6) is 0 Å². The number of fused-ring (bicyclic) bond motifs is 3. The third kappa shape index (κ3) is 7.57. The summed E-state index contributed by atoms with van der Waals surface area (Å²) in [4.78, 5) is 14.0. The molecule has 16 heteroatoms. The van der Waals surface area contributed by atoms with E-state index in [0.717, 1.165) is 12.1 Å². The van der Waals surface area contributed by atoms with Crippen molar-refractivity contribution in [1.29, 1.82) is 0 Å². The second-order valence-electron chi connectivity index (χ2n) is 13.4. The van der Waals surface area contributed by atoms with Gasteiger partial charge in [0.2, 0.25) is 0 Å². The number of halogens is 12. The van der Waals surface area contributed by atoms with Gasteiger partial charge >= 0.3 is 24.7 Å². The second kappa shape index (κ2) is 14.0. The molecule has 0 atom stereocenters. The molecule has 0 amide bonds. The van der Waals surface area contributed by atoms with Gasteiger partial charge in [0.25, 0.3) is 0 Å². The minimum atomic E-state index is -5.20.